The van der Waals surface area contributed by atoms with Gasteiger partial charge in [-0.2, -0.15) is 0 Å². The molecule has 28 heavy (non-hydrogen) atoms. The van der Waals surface area contributed by atoms with Crippen molar-refractivity contribution in [2.45, 2.75) is 37.7 Å². The van der Waals surface area contributed by atoms with Crippen molar-refractivity contribution in [2.75, 3.05) is 0 Å². The summed E-state index contributed by atoms with van der Waals surface area (Å²) in [7, 11) is 0. The maximum absolute atomic E-state index is 10.1. The maximum atomic E-state index is 10.1. The molecule has 0 fully saturated rings. The fraction of sp³-hybridized carbons (Fsp3) is 0.240. The lowest BCUT2D eigenvalue weighted by molar-refractivity contribution is 0.0881. The molecule has 0 aromatic heterocycles. The van der Waals surface area contributed by atoms with Crippen molar-refractivity contribution in [1.29, 1.82) is 0 Å². The van der Waals surface area contributed by atoms with E-state index in [1.54, 1.807) is 6.07 Å². The summed E-state index contributed by atoms with van der Waals surface area (Å²) in [6.07, 6.45) is 5.64. The van der Waals surface area contributed by atoms with Crippen LogP contribution in [0.1, 0.15) is 53.5 Å². The van der Waals surface area contributed by atoms with Gasteiger partial charge in [-0.25, -0.2) is 0 Å². The first-order valence-corrected chi connectivity index (χ1v) is 9.91. The molecule has 4 rings (SSSR count). The number of hydrogen-bond donors (Lipinski definition) is 1. The predicted octanol–water partition coefficient (Wildman–Crippen LogP) is 5.99. The van der Waals surface area contributed by atoms with Gasteiger partial charge >= 0.3 is 0 Å². The molecule has 1 atom stereocenters. The van der Waals surface area contributed by atoms with Gasteiger partial charge in [-0.3, -0.25) is 0 Å². The summed E-state index contributed by atoms with van der Waals surface area (Å²) >= 11 is 0. The van der Waals surface area contributed by atoms with E-state index in [1.165, 1.54) is 5.56 Å². The molecular formula is C25H25NO2. The highest BCUT2D eigenvalue weighted by Crippen LogP contribution is 2.37. The highest BCUT2D eigenvalue weighted by molar-refractivity contribution is 5.59. The Labute approximate surface area is 166 Å². The Kier molecular flexibility index (Phi) is 5.72. The molecule has 3 nitrogen and oxygen atoms in total. The predicted molar refractivity (Wildman–Crippen MR) is 113 cm³/mol. The molecule has 0 spiro atoms. The molecule has 1 aliphatic rings. The Morgan fingerprint density at radius 3 is 2.29 bits per heavy atom. The zero-order valence-electron chi connectivity index (χ0n) is 15.9. The number of nitrogens with zero attached hydrogens (tertiary/aromatic N) is 1. The molecule has 0 saturated heterocycles. The monoisotopic (exact) mass is 371 g/mol. The first-order chi connectivity index (χ1) is 13.8. The number of aromatic hydroxyl groups is 1. The van der Waals surface area contributed by atoms with Gasteiger partial charge in [0.25, 0.3) is 0 Å². The number of benzene rings is 3. The molecule has 0 amide bonds. The summed E-state index contributed by atoms with van der Waals surface area (Å²) in [5.41, 5.74) is 4.51. The van der Waals surface area contributed by atoms with Gasteiger partial charge in [-0.05, 0) is 59.9 Å². The fourth-order valence-corrected chi connectivity index (χ4v) is 4.02. The normalized spacial score (nSPS) is 16.2. The molecule has 1 aliphatic carbocycles. The van der Waals surface area contributed by atoms with Gasteiger partial charge in [-0.15, -0.1) is 0 Å². The van der Waals surface area contributed by atoms with Crippen LogP contribution in [0.3, 0.4) is 0 Å². The van der Waals surface area contributed by atoms with E-state index in [0.717, 1.165) is 42.4 Å². The number of oxime groups is 1. The molecule has 0 bridgehead atoms. The van der Waals surface area contributed by atoms with E-state index in [4.69, 9.17) is 4.84 Å². The lowest BCUT2D eigenvalue weighted by Crippen LogP contribution is -2.10. The molecular weight excluding hydrogens is 346 g/mol. The first-order valence-electron chi connectivity index (χ1n) is 9.91. The van der Waals surface area contributed by atoms with Crippen molar-refractivity contribution < 1.29 is 9.94 Å². The molecule has 1 unspecified atom stereocenters. The van der Waals surface area contributed by atoms with Crippen LogP contribution in [0, 0.1) is 0 Å². The molecule has 3 aromatic carbocycles. The van der Waals surface area contributed by atoms with Crippen molar-refractivity contribution in [3.8, 4) is 5.75 Å². The van der Waals surface area contributed by atoms with Gasteiger partial charge in [0.05, 0.1) is 0 Å². The molecule has 0 aliphatic heterocycles. The smallest absolute Gasteiger partial charge is 0.177 e. The average molecular weight is 371 g/mol. The molecule has 0 saturated carbocycles. The maximum Gasteiger partial charge on any atom is 0.177 e. The summed E-state index contributed by atoms with van der Waals surface area (Å²) in [5, 5.41) is 14.4. The Balaban J connectivity index is 1.47. The van der Waals surface area contributed by atoms with Gasteiger partial charge in [0.2, 0.25) is 0 Å². The van der Waals surface area contributed by atoms with Crippen LogP contribution in [0.2, 0.25) is 0 Å². The number of phenols is 1. The summed E-state index contributed by atoms with van der Waals surface area (Å²) < 4.78 is 0. The second kappa shape index (κ2) is 8.75. The summed E-state index contributed by atoms with van der Waals surface area (Å²) in [6.45, 7) is 0. The topological polar surface area (TPSA) is 41.8 Å². The van der Waals surface area contributed by atoms with Crippen molar-refractivity contribution >= 4 is 6.21 Å². The minimum absolute atomic E-state index is 0.221. The summed E-state index contributed by atoms with van der Waals surface area (Å²) in [6, 6.07) is 26.2. The van der Waals surface area contributed by atoms with Crippen LogP contribution in [-0.4, -0.2) is 11.3 Å². The van der Waals surface area contributed by atoms with Crippen molar-refractivity contribution in [3.05, 3.63) is 101 Å². The van der Waals surface area contributed by atoms with Crippen LogP contribution in [-0.2, 0) is 11.3 Å². The third kappa shape index (κ3) is 4.09. The lowest BCUT2D eigenvalue weighted by Gasteiger charge is -2.25. The van der Waals surface area contributed by atoms with Crippen LogP contribution >= 0.6 is 0 Å². The fourth-order valence-electron chi connectivity index (χ4n) is 4.02. The minimum Gasteiger partial charge on any atom is -0.508 e. The molecule has 142 valence electrons. The van der Waals surface area contributed by atoms with Crippen molar-refractivity contribution in [2.24, 2.45) is 5.16 Å². The zero-order chi connectivity index (χ0) is 19.2. The van der Waals surface area contributed by atoms with Crippen molar-refractivity contribution in [1.82, 2.24) is 0 Å². The van der Waals surface area contributed by atoms with E-state index in [0.29, 0.717) is 11.7 Å². The highest BCUT2D eigenvalue weighted by Gasteiger charge is 2.21. The minimum atomic E-state index is -0.221. The van der Waals surface area contributed by atoms with Gasteiger partial charge < -0.3 is 9.94 Å². The van der Waals surface area contributed by atoms with Gasteiger partial charge in [-0.1, -0.05) is 78.0 Å². The number of phenolic OH excluding ortho intramolecular Hbond substituents is 1. The van der Waals surface area contributed by atoms with E-state index >= 15 is 0 Å². The standard InChI is InChI=1S/C25H25NO2/c27-24-16-8-14-22-19(13-7-15-23(22)24)17-18-26-28-25(20-9-3-1-4-10-20)21-11-5-2-6-12-21/h1-6,8-12,14,16,18-19,25,27H,7,13,15,17H2/b26-18-. The van der Waals surface area contributed by atoms with E-state index < -0.39 is 0 Å². The van der Waals surface area contributed by atoms with Crippen LogP contribution < -0.4 is 0 Å². The Bertz CT molecular complexity index is 882. The highest BCUT2D eigenvalue weighted by atomic mass is 16.6. The number of fused-ring (bicyclic) bond motifs is 1. The third-order valence-electron chi connectivity index (χ3n) is 5.44. The largest absolute Gasteiger partial charge is 0.508 e. The molecule has 3 aromatic rings. The van der Waals surface area contributed by atoms with E-state index in [2.05, 4.69) is 35.5 Å². The van der Waals surface area contributed by atoms with E-state index in [9.17, 15) is 5.11 Å². The van der Waals surface area contributed by atoms with Crippen LogP contribution in [0.4, 0.5) is 0 Å². The number of hydrogen-bond acceptors (Lipinski definition) is 3. The van der Waals surface area contributed by atoms with Gasteiger partial charge in [0.1, 0.15) is 5.75 Å². The quantitative estimate of drug-likeness (QED) is 0.427. The molecule has 1 N–H and O–H groups in total. The van der Waals surface area contributed by atoms with Crippen LogP contribution in [0.25, 0.3) is 0 Å². The number of rotatable bonds is 6. The van der Waals surface area contributed by atoms with Crippen LogP contribution in [0.15, 0.2) is 84.0 Å². The van der Waals surface area contributed by atoms with E-state index in [1.807, 2.05) is 48.7 Å². The van der Waals surface area contributed by atoms with Gasteiger partial charge in [0, 0.05) is 6.21 Å². The second-order valence-corrected chi connectivity index (χ2v) is 7.26. The third-order valence-corrected chi connectivity index (χ3v) is 5.44. The van der Waals surface area contributed by atoms with Crippen molar-refractivity contribution in [3.63, 3.8) is 0 Å². The van der Waals surface area contributed by atoms with Gasteiger partial charge in [0.15, 0.2) is 6.10 Å². The van der Waals surface area contributed by atoms with Crippen LogP contribution in [0.5, 0.6) is 5.75 Å². The molecule has 0 heterocycles. The Morgan fingerprint density at radius 1 is 0.929 bits per heavy atom. The SMILES string of the molecule is Oc1cccc2c1CCCC2C/C=N\OC(c1ccccc1)c1ccccc1. The lowest BCUT2D eigenvalue weighted by atomic mass is 9.81. The Morgan fingerprint density at radius 2 is 1.61 bits per heavy atom. The second-order valence-electron chi connectivity index (χ2n) is 7.26. The summed E-state index contributed by atoms with van der Waals surface area (Å²) in [4.78, 5) is 5.94. The average Bonchev–Trinajstić information content (AvgIpc) is 2.75. The molecule has 0 radical (unpaired) electrons. The zero-order valence-corrected chi connectivity index (χ0v) is 15.9. The summed E-state index contributed by atoms with van der Waals surface area (Å²) in [5.74, 6) is 0.804. The first kappa shape index (κ1) is 18.3. The molecule has 3 heteroatoms. The van der Waals surface area contributed by atoms with E-state index in [-0.39, 0.29) is 6.10 Å². The Hall–Kier alpha value is -3.07.